The van der Waals surface area contributed by atoms with Crippen molar-refractivity contribution in [2.75, 3.05) is 6.61 Å². The van der Waals surface area contributed by atoms with E-state index in [-0.39, 0.29) is 0 Å². The fourth-order valence-electron chi connectivity index (χ4n) is 2.70. The molecule has 0 saturated carbocycles. The molecule has 0 aliphatic heterocycles. The van der Waals surface area contributed by atoms with Crippen molar-refractivity contribution in [1.82, 2.24) is 0 Å². The van der Waals surface area contributed by atoms with Gasteiger partial charge in [0.15, 0.2) is 0 Å². The Kier molecular flexibility index (Phi) is 8.09. The molecule has 0 aliphatic rings. The van der Waals surface area contributed by atoms with Crippen LogP contribution in [0.5, 0.6) is 0 Å². The van der Waals surface area contributed by atoms with Crippen LogP contribution < -0.4 is 0 Å². The summed E-state index contributed by atoms with van der Waals surface area (Å²) in [7, 11) is 0. The summed E-state index contributed by atoms with van der Waals surface area (Å²) in [6.07, 6.45) is 0. The highest BCUT2D eigenvalue weighted by atomic mass is 35.5. The van der Waals surface area contributed by atoms with E-state index in [1.807, 2.05) is 61.5 Å². The highest BCUT2D eigenvalue weighted by molar-refractivity contribution is 8.22. The summed E-state index contributed by atoms with van der Waals surface area (Å²) >= 11 is 12.9. The molecule has 3 aromatic carbocycles. The van der Waals surface area contributed by atoms with Crippen LogP contribution in [0.3, 0.4) is 0 Å². The molecule has 29 heavy (non-hydrogen) atoms. The van der Waals surface area contributed by atoms with Gasteiger partial charge in [-0.25, -0.2) is 4.99 Å². The standard InChI is InChI=1S/C24H20ClNOS2/c1-2-27-24(28)29-17-20-15-21(25)13-14-23(20)26-16-22(18-9-5-3-6-10-18)19-11-7-4-8-12-19/h3-15H,2,17H2,1H3. The molecule has 5 heteroatoms. The van der Waals surface area contributed by atoms with Crippen LogP contribution in [0.2, 0.25) is 5.02 Å². The van der Waals surface area contributed by atoms with Crippen molar-refractivity contribution in [3.8, 4) is 0 Å². The van der Waals surface area contributed by atoms with Crippen LogP contribution in [-0.4, -0.2) is 16.9 Å². The van der Waals surface area contributed by atoms with Crippen LogP contribution in [0.4, 0.5) is 5.69 Å². The Morgan fingerprint density at radius 1 is 1.00 bits per heavy atom. The molecule has 2 nitrogen and oxygen atoms in total. The number of thiocarbonyl (C=S) groups is 1. The molecule has 3 rings (SSSR count). The minimum absolute atomic E-state index is 0.521. The minimum Gasteiger partial charge on any atom is -0.479 e. The Hall–Kier alpha value is -2.36. The van der Waals surface area contributed by atoms with E-state index < -0.39 is 0 Å². The number of thioether (sulfide) groups is 1. The molecule has 0 bridgehead atoms. The zero-order valence-electron chi connectivity index (χ0n) is 16.0. The number of hydrogen-bond donors (Lipinski definition) is 0. The lowest BCUT2D eigenvalue weighted by Gasteiger charge is -2.08. The van der Waals surface area contributed by atoms with Crippen LogP contribution in [-0.2, 0) is 10.5 Å². The summed E-state index contributed by atoms with van der Waals surface area (Å²) < 4.78 is 5.88. The number of benzene rings is 3. The van der Waals surface area contributed by atoms with Gasteiger partial charge in [-0.3, -0.25) is 0 Å². The first-order valence-corrected chi connectivity index (χ1v) is 11.0. The Balaban J connectivity index is 2.00. The summed E-state index contributed by atoms with van der Waals surface area (Å²) in [5.41, 5.74) is 4.85. The maximum absolute atomic E-state index is 6.21. The molecule has 0 aliphatic carbocycles. The van der Waals surface area contributed by atoms with E-state index in [4.69, 9.17) is 28.6 Å². The SMILES string of the molecule is CCOC(=S)SCc1cc(Cl)ccc1N=C=C(c1ccccc1)c1ccccc1. The number of rotatable bonds is 6. The molecule has 0 amide bonds. The molecule has 0 atom stereocenters. The van der Waals surface area contributed by atoms with Crippen molar-refractivity contribution < 1.29 is 4.74 Å². The second-order valence-corrected chi connectivity index (χ2v) is 8.09. The van der Waals surface area contributed by atoms with Gasteiger partial charge in [-0.1, -0.05) is 84.0 Å². The summed E-state index contributed by atoms with van der Waals surface area (Å²) in [5.74, 6) is 3.90. The highest BCUT2D eigenvalue weighted by Crippen LogP contribution is 2.28. The molecule has 0 aromatic heterocycles. The molecule has 0 radical (unpaired) electrons. The Bertz CT molecular complexity index is 988. The van der Waals surface area contributed by atoms with E-state index >= 15 is 0 Å². The molecule has 146 valence electrons. The van der Waals surface area contributed by atoms with Crippen LogP contribution in [0.1, 0.15) is 23.6 Å². The van der Waals surface area contributed by atoms with Gasteiger partial charge in [0.05, 0.1) is 17.9 Å². The van der Waals surface area contributed by atoms with Gasteiger partial charge in [-0.2, -0.15) is 0 Å². The number of halogens is 1. The maximum atomic E-state index is 6.21. The van der Waals surface area contributed by atoms with E-state index in [1.54, 1.807) is 0 Å². The predicted octanol–water partition coefficient (Wildman–Crippen LogP) is 7.33. The molecular formula is C24H20ClNOS2. The third kappa shape index (κ3) is 6.31. The lowest BCUT2D eigenvalue weighted by molar-refractivity contribution is 0.346. The van der Waals surface area contributed by atoms with Crippen molar-refractivity contribution in [2.24, 2.45) is 4.99 Å². The van der Waals surface area contributed by atoms with Gasteiger partial charge in [-0.05, 0) is 59.9 Å². The van der Waals surface area contributed by atoms with Gasteiger partial charge < -0.3 is 4.74 Å². The number of hydrogen-bond acceptors (Lipinski definition) is 4. The normalized spacial score (nSPS) is 10.1. The van der Waals surface area contributed by atoms with E-state index in [0.717, 1.165) is 28.0 Å². The second kappa shape index (κ2) is 11.0. The third-order valence-electron chi connectivity index (χ3n) is 4.06. The van der Waals surface area contributed by atoms with Gasteiger partial charge in [0.25, 0.3) is 0 Å². The zero-order valence-corrected chi connectivity index (χ0v) is 18.4. The summed E-state index contributed by atoms with van der Waals surface area (Å²) in [4.78, 5) is 4.68. The first-order chi connectivity index (χ1) is 14.2. The van der Waals surface area contributed by atoms with Crippen LogP contribution in [0, 0.1) is 0 Å². The van der Waals surface area contributed by atoms with E-state index in [1.165, 1.54) is 11.8 Å². The Morgan fingerprint density at radius 3 is 2.21 bits per heavy atom. The summed E-state index contributed by atoms with van der Waals surface area (Å²) in [6.45, 7) is 2.48. The Morgan fingerprint density at radius 2 is 1.62 bits per heavy atom. The second-order valence-electron chi connectivity index (χ2n) is 6.08. The van der Waals surface area contributed by atoms with Crippen molar-refractivity contribution in [3.05, 3.63) is 101 Å². The van der Waals surface area contributed by atoms with Gasteiger partial charge in [-0.15, -0.1) is 0 Å². The van der Waals surface area contributed by atoms with Crippen molar-refractivity contribution in [3.63, 3.8) is 0 Å². The van der Waals surface area contributed by atoms with Crippen molar-refractivity contribution in [1.29, 1.82) is 0 Å². The number of nitrogens with zero attached hydrogens (tertiary/aromatic N) is 1. The van der Waals surface area contributed by atoms with E-state index in [0.29, 0.717) is 21.8 Å². The number of ether oxygens (including phenoxy) is 1. The molecular weight excluding hydrogens is 418 g/mol. The average molecular weight is 438 g/mol. The predicted molar refractivity (Wildman–Crippen MR) is 129 cm³/mol. The summed E-state index contributed by atoms with van der Waals surface area (Å²) in [5, 5.41) is 0.664. The monoisotopic (exact) mass is 437 g/mol. The Labute approximate surface area is 186 Å². The summed E-state index contributed by atoms with van der Waals surface area (Å²) in [6, 6.07) is 25.9. The van der Waals surface area contributed by atoms with Crippen LogP contribution in [0.15, 0.2) is 83.9 Å². The first-order valence-electron chi connectivity index (χ1n) is 9.20. The fraction of sp³-hybridized carbons (Fsp3) is 0.125. The van der Waals surface area contributed by atoms with Crippen molar-refractivity contribution >= 4 is 57.1 Å². The quantitative estimate of drug-likeness (QED) is 0.297. The largest absolute Gasteiger partial charge is 0.479 e. The minimum atomic E-state index is 0.521. The van der Waals surface area contributed by atoms with Gasteiger partial charge in [0, 0.05) is 10.8 Å². The first kappa shape index (κ1) is 21.4. The molecule has 0 spiro atoms. The topological polar surface area (TPSA) is 21.6 Å². The van der Waals surface area contributed by atoms with Gasteiger partial charge >= 0.3 is 0 Å². The van der Waals surface area contributed by atoms with Gasteiger partial charge in [0.2, 0.25) is 4.38 Å². The lowest BCUT2D eigenvalue weighted by Crippen LogP contribution is -1.96. The number of aliphatic imine (C=N–C) groups is 1. The fourth-order valence-corrected chi connectivity index (χ4v) is 3.89. The highest BCUT2D eigenvalue weighted by Gasteiger charge is 2.07. The van der Waals surface area contributed by atoms with Gasteiger partial charge in [0.1, 0.15) is 0 Å². The smallest absolute Gasteiger partial charge is 0.220 e. The molecule has 0 fully saturated rings. The lowest BCUT2D eigenvalue weighted by atomic mass is 9.99. The molecule has 0 saturated heterocycles. The average Bonchev–Trinajstić information content (AvgIpc) is 2.75. The van der Waals surface area contributed by atoms with E-state index in [2.05, 4.69) is 35.1 Å². The maximum Gasteiger partial charge on any atom is 0.220 e. The van der Waals surface area contributed by atoms with Crippen LogP contribution in [0.25, 0.3) is 5.57 Å². The molecule has 0 heterocycles. The zero-order chi connectivity index (χ0) is 20.5. The molecule has 3 aromatic rings. The molecule has 0 N–H and O–H groups in total. The third-order valence-corrected chi connectivity index (χ3v) is 5.58. The van der Waals surface area contributed by atoms with Crippen LogP contribution >= 0.6 is 35.6 Å². The molecule has 0 unspecified atom stereocenters. The van der Waals surface area contributed by atoms with E-state index in [9.17, 15) is 0 Å². The van der Waals surface area contributed by atoms with Crippen molar-refractivity contribution in [2.45, 2.75) is 12.7 Å².